The van der Waals surface area contributed by atoms with Gasteiger partial charge in [-0.3, -0.25) is 4.79 Å². The number of amides is 2. The molecule has 4 N–H and O–H groups in total. The summed E-state index contributed by atoms with van der Waals surface area (Å²) in [6, 6.07) is 21.9. The van der Waals surface area contributed by atoms with Crippen molar-refractivity contribution in [1.82, 2.24) is 25.2 Å². The number of nitrogens with one attached hydrogen (secondary N) is 4. The van der Waals surface area contributed by atoms with E-state index >= 15 is 0 Å². The third-order valence-corrected chi connectivity index (χ3v) is 7.81. The monoisotopic (exact) mass is 550 g/mol. The third-order valence-electron chi connectivity index (χ3n) is 7.81. The molecule has 0 spiro atoms. The van der Waals surface area contributed by atoms with Gasteiger partial charge in [-0.1, -0.05) is 44.2 Å². The van der Waals surface area contributed by atoms with Crippen molar-refractivity contribution in [3.63, 3.8) is 0 Å². The molecule has 9 nitrogen and oxygen atoms in total. The third kappa shape index (κ3) is 5.23. The fraction of sp³-hybridized carbons (Fsp3) is 0.281. The number of carbonyl (C=O) groups excluding carboxylic acids is 2. The van der Waals surface area contributed by atoms with Crippen LogP contribution in [0.5, 0.6) is 0 Å². The number of rotatable bonds is 7. The standard InChI is InChI=1S/C32H34N6O3/c1-19(2)29(37-32(40)41-3)31(39)38-15-7-10-28(38)30-35-25-14-12-21(17-26(25)36-30)20-11-13-24-23(16-20)27(18-33-24)34-22-8-5-4-6-9-22/h4-6,8-9,11-14,16-19,28-29,33-34H,7,10,15H2,1-3H3,(H,35,36)(H,37,40)/t28-,29-/m0/s1. The highest BCUT2D eigenvalue weighted by Gasteiger charge is 2.37. The molecule has 6 rings (SSSR count). The van der Waals surface area contributed by atoms with Gasteiger partial charge in [-0.15, -0.1) is 0 Å². The number of fused-ring (bicyclic) bond motifs is 2. The highest BCUT2D eigenvalue weighted by Crippen LogP contribution is 2.35. The van der Waals surface area contributed by atoms with Gasteiger partial charge in [0, 0.05) is 29.3 Å². The van der Waals surface area contributed by atoms with Gasteiger partial charge < -0.3 is 30.2 Å². The summed E-state index contributed by atoms with van der Waals surface area (Å²) in [6.45, 7) is 4.45. The van der Waals surface area contributed by atoms with Crippen LogP contribution < -0.4 is 10.6 Å². The zero-order valence-corrected chi connectivity index (χ0v) is 23.4. The first-order valence-electron chi connectivity index (χ1n) is 14.0. The van der Waals surface area contributed by atoms with Crippen molar-refractivity contribution in [3.8, 4) is 11.1 Å². The van der Waals surface area contributed by atoms with Crippen LogP contribution in [-0.4, -0.2) is 51.5 Å². The molecule has 1 aliphatic heterocycles. The zero-order valence-electron chi connectivity index (χ0n) is 23.4. The van der Waals surface area contributed by atoms with Crippen LogP contribution in [0.1, 0.15) is 38.6 Å². The molecule has 1 saturated heterocycles. The lowest BCUT2D eigenvalue weighted by molar-refractivity contribution is -0.135. The first-order chi connectivity index (χ1) is 19.9. The second-order valence-corrected chi connectivity index (χ2v) is 10.9. The number of H-pyrrole nitrogens is 2. The molecule has 210 valence electrons. The molecular formula is C32H34N6O3. The molecule has 2 amide bonds. The lowest BCUT2D eigenvalue weighted by Crippen LogP contribution is -2.51. The Morgan fingerprint density at radius 2 is 1.80 bits per heavy atom. The second kappa shape index (κ2) is 11.0. The number of para-hydroxylation sites is 1. The van der Waals surface area contributed by atoms with E-state index in [1.165, 1.54) is 7.11 Å². The molecule has 3 aromatic carbocycles. The maximum atomic E-state index is 13.5. The molecule has 2 atom stereocenters. The Labute approximate surface area is 238 Å². The molecule has 0 unspecified atom stereocenters. The van der Waals surface area contributed by atoms with Crippen molar-refractivity contribution in [2.75, 3.05) is 19.0 Å². The maximum Gasteiger partial charge on any atom is 0.407 e. The highest BCUT2D eigenvalue weighted by molar-refractivity contribution is 5.97. The summed E-state index contributed by atoms with van der Waals surface area (Å²) in [4.78, 5) is 39.0. The van der Waals surface area contributed by atoms with Crippen molar-refractivity contribution in [3.05, 3.63) is 78.8 Å². The fourth-order valence-corrected chi connectivity index (χ4v) is 5.64. The van der Waals surface area contributed by atoms with Crippen molar-refractivity contribution in [2.24, 2.45) is 5.92 Å². The number of methoxy groups -OCH3 is 1. The molecule has 1 aliphatic rings. The predicted octanol–water partition coefficient (Wildman–Crippen LogP) is 6.50. The van der Waals surface area contributed by atoms with E-state index in [-0.39, 0.29) is 17.9 Å². The molecule has 9 heteroatoms. The normalized spacial score (nSPS) is 15.9. The average molecular weight is 551 g/mol. The van der Waals surface area contributed by atoms with Crippen LogP contribution >= 0.6 is 0 Å². The van der Waals surface area contributed by atoms with Crippen LogP contribution in [0.15, 0.2) is 72.9 Å². The van der Waals surface area contributed by atoms with Crippen LogP contribution in [0.3, 0.4) is 0 Å². The molecule has 0 aliphatic carbocycles. The van der Waals surface area contributed by atoms with Crippen LogP contribution in [0.25, 0.3) is 33.1 Å². The number of ether oxygens (including phenoxy) is 1. The quantitative estimate of drug-likeness (QED) is 0.185. The van der Waals surface area contributed by atoms with Gasteiger partial charge in [0.15, 0.2) is 0 Å². The molecule has 5 aromatic rings. The largest absolute Gasteiger partial charge is 0.453 e. The van der Waals surface area contributed by atoms with Gasteiger partial charge >= 0.3 is 6.09 Å². The van der Waals surface area contributed by atoms with E-state index in [4.69, 9.17) is 9.72 Å². The van der Waals surface area contributed by atoms with Gasteiger partial charge in [-0.05, 0) is 66.3 Å². The number of hydrogen-bond acceptors (Lipinski definition) is 5. The number of aromatic amines is 2. The average Bonchev–Trinajstić information content (AvgIpc) is 3.73. The molecule has 1 fully saturated rings. The van der Waals surface area contributed by atoms with Crippen molar-refractivity contribution in [2.45, 2.75) is 38.8 Å². The van der Waals surface area contributed by atoms with Gasteiger partial charge in [0.1, 0.15) is 11.9 Å². The number of hydrogen-bond donors (Lipinski definition) is 4. The number of alkyl carbamates (subject to hydrolysis) is 1. The number of carbonyl (C=O) groups is 2. The summed E-state index contributed by atoms with van der Waals surface area (Å²) in [7, 11) is 1.30. The minimum absolute atomic E-state index is 0.0816. The number of anilines is 2. The highest BCUT2D eigenvalue weighted by atomic mass is 16.5. The molecule has 41 heavy (non-hydrogen) atoms. The van der Waals surface area contributed by atoms with Crippen molar-refractivity contribution in [1.29, 1.82) is 0 Å². The summed E-state index contributed by atoms with van der Waals surface area (Å²) >= 11 is 0. The number of likely N-dealkylation sites (tertiary alicyclic amines) is 1. The lowest BCUT2D eigenvalue weighted by Gasteiger charge is -2.29. The Bertz CT molecular complexity index is 1710. The lowest BCUT2D eigenvalue weighted by atomic mass is 10.0. The van der Waals surface area contributed by atoms with Crippen molar-refractivity contribution >= 4 is 45.3 Å². The minimum atomic E-state index is -0.663. The van der Waals surface area contributed by atoms with Gasteiger partial charge in [-0.25, -0.2) is 9.78 Å². The summed E-state index contributed by atoms with van der Waals surface area (Å²) in [6.07, 6.45) is 3.07. The minimum Gasteiger partial charge on any atom is -0.453 e. The Hall–Kier alpha value is -4.79. The topological polar surface area (TPSA) is 115 Å². The molecule has 0 bridgehead atoms. The molecule has 0 saturated carbocycles. The predicted molar refractivity (Wildman–Crippen MR) is 161 cm³/mol. The van der Waals surface area contributed by atoms with E-state index in [9.17, 15) is 9.59 Å². The summed E-state index contributed by atoms with van der Waals surface area (Å²) < 4.78 is 4.75. The van der Waals surface area contributed by atoms with Crippen LogP contribution in [0.2, 0.25) is 0 Å². The van der Waals surface area contributed by atoms with Gasteiger partial charge in [-0.2, -0.15) is 0 Å². The first kappa shape index (κ1) is 26.4. The smallest absolute Gasteiger partial charge is 0.407 e. The maximum absolute atomic E-state index is 13.5. The molecule has 0 radical (unpaired) electrons. The Balaban J connectivity index is 1.27. The zero-order chi connectivity index (χ0) is 28.5. The van der Waals surface area contributed by atoms with Gasteiger partial charge in [0.25, 0.3) is 0 Å². The van der Waals surface area contributed by atoms with E-state index in [0.29, 0.717) is 6.54 Å². The first-order valence-corrected chi connectivity index (χ1v) is 14.0. The van der Waals surface area contributed by atoms with E-state index in [1.54, 1.807) is 0 Å². The fourth-order valence-electron chi connectivity index (χ4n) is 5.64. The van der Waals surface area contributed by atoms with Crippen LogP contribution in [-0.2, 0) is 9.53 Å². The van der Waals surface area contributed by atoms with E-state index in [1.807, 2.05) is 61.3 Å². The number of aromatic nitrogens is 3. The van der Waals surface area contributed by atoms with Crippen molar-refractivity contribution < 1.29 is 14.3 Å². The van der Waals surface area contributed by atoms with E-state index in [0.717, 1.165) is 63.1 Å². The molecule has 3 heterocycles. The molecule has 2 aromatic heterocycles. The summed E-state index contributed by atoms with van der Waals surface area (Å²) in [5, 5.41) is 7.32. The number of benzene rings is 3. The Kier molecular flexibility index (Phi) is 7.09. The Morgan fingerprint density at radius 3 is 2.59 bits per heavy atom. The van der Waals surface area contributed by atoms with E-state index < -0.39 is 12.1 Å². The molecular weight excluding hydrogens is 516 g/mol. The van der Waals surface area contributed by atoms with E-state index in [2.05, 4.69) is 50.9 Å². The second-order valence-electron chi connectivity index (χ2n) is 10.9. The van der Waals surface area contributed by atoms with Gasteiger partial charge in [0.2, 0.25) is 5.91 Å². The van der Waals surface area contributed by atoms with Crippen LogP contribution in [0, 0.1) is 5.92 Å². The number of nitrogens with zero attached hydrogens (tertiary/aromatic N) is 2. The summed E-state index contributed by atoms with van der Waals surface area (Å²) in [5.41, 5.74) is 7.05. The Morgan fingerprint density at radius 1 is 1.02 bits per heavy atom. The van der Waals surface area contributed by atoms with Crippen LogP contribution in [0.4, 0.5) is 16.2 Å². The summed E-state index contributed by atoms with van der Waals surface area (Å²) in [5.74, 6) is 0.564. The van der Waals surface area contributed by atoms with Gasteiger partial charge in [0.05, 0.1) is 29.9 Å². The number of imidazole rings is 1. The SMILES string of the molecule is COC(=O)N[C@H](C(=O)N1CCC[C@H]1c1nc2ccc(-c3ccc4[nH]cc(Nc5ccccc5)c4c3)cc2[nH]1)C(C)C.